The van der Waals surface area contributed by atoms with Gasteiger partial charge in [0.25, 0.3) is 0 Å². The Hall–Kier alpha value is -2.55. The summed E-state index contributed by atoms with van der Waals surface area (Å²) >= 11 is 5.99. The topological polar surface area (TPSA) is 54.5 Å². The van der Waals surface area contributed by atoms with Crippen molar-refractivity contribution < 1.29 is 27.1 Å². The van der Waals surface area contributed by atoms with Crippen LogP contribution in [0.1, 0.15) is 32.9 Å². The maximum atomic E-state index is 14.9. The van der Waals surface area contributed by atoms with Crippen molar-refractivity contribution in [1.29, 1.82) is 0 Å². The van der Waals surface area contributed by atoms with Crippen LogP contribution in [-0.2, 0) is 4.74 Å². The summed E-state index contributed by atoms with van der Waals surface area (Å²) in [5.41, 5.74) is -1.76. The van der Waals surface area contributed by atoms with Gasteiger partial charge in [0.05, 0.1) is 23.9 Å². The molecule has 0 bridgehead atoms. The number of halogens is 5. The number of allylic oxidation sites excluding steroid dienone is 1. The minimum Gasteiger partial charge on any atom is -0.444 e. The number of fused-ring (bicyclic) bond motifs is 1. The maximum Gasteiger partial charge on any atom is 0.417 e. The summed E-state index contributed by atoms with van der Waals surface area (Å²) in [5.74, 6) is 0. The highest BCUT2D eigenvalue weighted by Crippen LogP contribution is 2.38. The molecule has 1 aliphatic rings. The molecule has 1 N–H and O–H groups in total. The summed E-state index contributed by atoms with van der Waals surface area (Å²) in [6.07, 6.45) is -6.38. The number of nitrogens with zero attached hydrogens (tertiary/aromatic N) is 2. The van der Waals surface area contributed by atoms with E-state index in [1.54, 1.807) is 32.9 Å². The van der Waals surface area contributed by atoms with Crippen LogP contribution in [0.4, 0.5) is 28.0 Å². The van der Waals surface area contributed by atoms with Crippen LogP contribution in [0.3, 0.4) is 0 Å². The SMILES string of the molecule is C=C(c1nc(Cl)cc2c(NC3CCN(C(=O)OC(C)(C)C)CC3F)cccc12)C(F)(F)F. The number of carbonyl (C=O) groups excluding carboxylic acids is 1. The molecule has 0 saturated carbocycles. The fourth-order valence-corrected chi connectivity index (χ4v) is 3.69. The molecule has 0 aliphatic carbocycles. The zero-order chi connectivity index (χ0) is 23.8. The fourth-order valence-electron chi connectivity index (χ4n) is 3.50. The lowest BCUT2D eigenvalue weighted by atomic mass is 10.00. The van der Waals surface area contributed by atoms with Crippen LogP contribution in [0.25, 0.3) is 16.3 Å². The van der Waals surface area contributed by atoms with Crippen LogP contribution >= 0.6 is 11.6 Å². The van der Waals surface area contributed by atoms with E-state index in [4.69, 9.17) is 16.3 Å². The van der Waals surface area contributed by atoms with E-state index in [-0.39, 0.29) is 35.7 Å². The number of hydrogen-bond acceptors (Lipinski definition) is 4. The van der Waals surface area contributed by atoms with E-state index in [1.165, 1.54) is 17.0 Å². The molecule has 1 aromatic heterocycles. The molecular formula is C22H24ClF4N3O2. The molecule has 2 unspecified atom stereocenters. The number of rotatable bonds is 3. The second-order valence-corrected chi connectivity index (χ2v) is 9.04. The van der Waals surface area contributed by atoms with Crippen LogP contribution in [0.2, 0.25) is 5.15 Å². The minimum atomic E-state index is -4.67. The summed E-state index contributed by atoms with van der Waals surface area (Å²) in [5, 5.41) is 3.49. The molecule has 2 aromatic rings. The first kappa shape index (κ1) is 24.1. The van der Waals surface area contributed by atoms with Crippen LogP contribution < -0.4 is 5.32 Å². The lowest BCUT2D eigenvalue weighted by Crippen LogP contribution is -2.51. The van der Waals surface area contributed by atoms with E-state index in [1.807, 2.05) is 0 Å². The van der Waals surface area contributed by atoms with Gasteiger partial charge >= 0.3 is 12.3 Å². The van der Waals surface area contributed by atoms with Gasteiger partial charge in [-0.25, -0.2) is 14.2 Å². The molecule has 1 aliphatic heterocycles. The van der Waals surface area contributed by atoms with E-state index in [0.717, 1.165) is 0 Å². The lowest BCUT2D eigenvalue weighted by molar-refractivity contribution is -0.0688. The first-order chi connectivity index (χ1) is 14.8. The van der Waals surface area contributed by atoms with E-state index in [0.29, 0.717) is 11.1 Å². The van der Waals surface area contributed by atoms with Crippen molar-refractivity contribution in [3.8, 4) is 0 Å². The van der Waals surface area contributed by atoms with Gasteiger partial charge in [0.2, 0.25) is 0 Å². The average molecular weight is 474 g/mol. The molecule has 1 fully saturated rings. The van der Waals surface area contributed by atoms with E-state index < -0.39 is 35.7 Å². The molecule has 0 spiro atoms. The number of piperidine rings is 1. The van der Waals surface area contributed by atoms with Gasteiger partial charge in [0, 0.05) is 23.0 Å². The Labute approximate surface area is 188 Å². The fraction of sp³-hybridized carbons (Fsp3) is 0.455. The molecule has 174 valence electrons. The number of nitrogens with one attached hydrogen (secondary N) is 1. The quantitative estimate of drug-likeness (QED) is 0.424. The smallest absolute Gasteiger partial charge is 0.417 e. The summed E-state index contributed by atoms with van der Waals surface area (Å²) in [4.78, 5) is 17.3. The van der Waals surface area contributed by atoms with E-state index in [9.17, 15) is 22.4 Å². The normalized spacial score (nSPS) is 19.7. The highest BCUT2D eigenvalue weighted by molar-refractivity contribution is 6.30. The van der Waals surface area contributed by atoms with Crippen molar-refractivity contribution in [3.05, 3.63) is 41.7 Å². The molecule has 10 heteroatoms. The molecule has 1 amide bonds. The Kier molecular flexibility index (Phi) is 6.60. The molecule has 1 aromatic carbocycles. The van der Waals surface area contributed by atoms with Crippen molar-refractivity contribution >= 4 is 39.7 Å². The number of pyridine rings is 1. The van der Waals surface area contributed by atoms with Gasteiger partial charge in [-0.3, -0.25) is 0 Å². The Bertz CT molecular complexity index is 1040. The predicted octanol–water partition coefficient (Wildman–Crippen LogP) is 6.22. The standard InChI is InChI=1S/C22H24ClF4N3O2/c1-12(22(25,26)27)19-13-6-5-7-16(14(13)10-18(23)29-19)28-17-8-9-30(11-15(17)24)20(31)32-21(2,3)4/h5-7,10,15,17,28H,1,8-9,11H2,2-4H3. The molecule has 2 heterocycles. The second kappa shape index (κ2) is 8.77. The molecule has 32 heavy (non-hydrogen) atoms. The monoisotopic (exact) mass is 473 g/mol. The number of carbonyl (C=O) groups is 1. The highest BCUT2D eigenvalue weighted by atomic mass is 35.5. The number of likely N-dealkylation sites (tertiary alicyclic amines) is 1. The number of ether oxygens (including phenoxy) is 1. The van der Waals surface area contributed by atoms with Crippen molar-refractivity contribution in [2.45, 2.75) is 51.2 Å². The number of hydrogen-bond donors (Lipinski definition) is 1. The van der Waals surface area contributed by atoms with Crippen LogP contribution in [0.5, 0.6) is 0 Å². The first-order valence-electron chi connectivity index (χ1n) is 10.0. The van der Waals surface area contributed by atoms with Gasteiger partial charge in [0.15, 0.2) is 0 Å². The third kappa shape index (κ3) is 5.43. The average Bonchev–Trinajstić information content (AvgIpc) is 2.66. The number of alkyl halides is 4. The van der Waals surface area contributed by atoms with Crippen LogP contribution in [-0.4, -0.2) is 53.1 Å². The zero-order valence-electron chi connectivity index (χ0n) is 17.9. The van der Waals surface area contributed by atoms with Crippen LogP contribution in [0, 0.1) is 0 Å². The Morgan fingerprint density at radius 1 is 1.28 bits per heavy atom. The van der Waals surface area contributed by atoms with Gasteiger partial charge in [-0.1, -0.05) is 30.3 Å². The third-order valence-electron chi connectivity index (χ3n) is 5.01. The van der Waals surface area contributed by atoms with Crippen molar-refractivity contribution in [2.75, 3.05) is 18.4 Å². The van der Waals surface area contributed by atoms with Crippen LogP contribution in [0.15, 0.2) is 30.8 Å². The Balaban J connectivity index is 1.84. The third-order valence-corrected chi connectivity index (χ3v) is 5.20. The largest absolute Gasteiger partial charge is 0.444 e. The molecule has 2 atom stereocenters. The van der Waals surface area contributed by atoms with E-state index in [2.05, 4.69) is 16.9 Å². The van der Waals surface area contributed by atoms with Gasteiger partial charge < -0.3 is 15.0 Å². The van der Waals surface area contributed by atoms with Crippen molar-refractivity contribution in [2.24, 2.45) is 0 Å². The van der Waals surface area contributed by atoms with Gasteiger partial charge in [0.1, 0.15) is 16.9 Å². The van der Waals surface area contributed by atoms with Crippen molar-refractivity contribution in [1.82, 2.24) is 9.88 Å². The lowest BCUT2D eigenvalue weighted by Gasteiger charge is -2.36. The summed E-state index contributed by atoms with van der Waals surface area (Å²) < 4.78 is 59.9. The maximum absolute atomic E-state index is 14.9. The zero-order valence-corrected chi connectivity index (χ0v) is 18.6. The Morgan fingerprint density at radius 3 is 2.56 bits per heavy atom. The first-order valence-corrected chi connectivity index (χ1v) is 10.4. The molecule has 3 rings (SSSR count). The van der Waals surface area contributed by atoms with Gasteiger partial charge in [-0.2, -0.15) is 13.2 Å². The molecular weight excluding hydrogens is 450 g/mol. The number of aromatic nitrogens is 1. The molecule has 5 nitrogen and oxygen atoms in total. The summed E-state index contributed by atoms with van der Waals surface area (Å²) in [6, 6.07) is 5.44. The summed E-state index contributed by atoms with van der Waals surface area (Å²) in [6.45, 7) is 8.43. The van der Waals surface area contributed by atoms with Crippen molar-refractivity contribution in [3.63, 3.8) is 0 Å². The summed E-state index contributed by atoms with van der Waals surface area (Å²) in [7, 11) is 0. The minimum absolute atomic E-state index is 0.135. The molecule has 0 radical (unpaired) electrons. The number of benzene rings is 1. The van der Waals surface area contributed by atoms with Gasteiger partial charge in [-0.15, -0.1) is 0 Å². The Morgan fingerprint density at radius 2 is 1.97 bits per heavy atom. The molecule has 1 saturated heterocycles. The number of anilines is 1. The van der Waals surface area contributed by atoms with Gasteiger partial charge in [-0.05, 0) is 39.3 Å². The second-order valence-electron chi connectivity index (χ2n) is 8.65. The van der Waals surface area contributed by atoms with E-state index >= 15 is 0 Å². The number of amides is 1. The predicted molar refractivity (Wildman–Crippen MR) is 117 cm³/mol. The highest BCUT2D eigenvalue weighted by Gasteiger charge is 2.36.